The lowest BCUT2D eigenvalue weighted by molar-refractivity contribution is -0.128. The van der Waals surface area contributed by atoms with Gasteiger partial charge < -0.3 is 19.3 Å². The summed E-state index contributed by atoms with van der Waals surface area (Å²) in [6, 6.07) is 3.97. The van der Waals surface area contributed by atoms with Gasteiger partial charge in [-0.05, 0) is 61.6 Å². The second kappa shape index (κ2) is 10.6. The Bertz CT molecular complexity index is 1100. The number of rotatable bonds is 6. The number of methoxy groups -OCH3 is 2. The highest BCUT2D eigenvalue weighted by Crippen LogP contribution is 2.47. The Hall–Kier alpha value is -2.87. The molecule has 0 bridgehead atoms. The molecular weight excluding hydrogens is 474 g/mol. The van der Waals surface area contributed by atoms with Gasteiger partial charge in [-0.3, -0.25) is 9.69 Å². The van der Waals surface area contributed by atoms with Crippen LogP contribution in [0.4, 0.5) is 4.79 Å². The van der Waals surface area contributed by atoms with Gasteiger partial charge in [0.05, 0.1) is 31.2 Å². The maximum absolute atomic E-state index is 13.8. The number of piperidine rings is 1. The molecule has 4 rings (SSSR count). The van der Waals surface area contributed by atoms with Crippen molar-refractivity contribution in [3.8, 4) is 11.5 Å². The van der Waals surface area contributed by atoms with Crippen LogP contribution in [0.2, 0.25) is 0 Å². The minimum Gasteiger partial charge on any atom is -0.497 e. The third kappa shape index (κ3) is 4.51. The first-order valence-electron chi connectivity index (χ1n) is 12.6. The molecule has 2 saturated heterocycles. The van der Waals surface area contributed by atoms with E-state index in [1.807, 2.05) is 52.2 Å². The van der Waals surface area contributed by atoms with E-state index in [-0.39, 0.29) is 17.9 Å². The van der Waals surface area contributed by atoms with Crippen LogP contribution in [0.5, 0.6) is 11.5 Å². The minimum atomic E-state index is -0.408. The molecule has 7 nitrogen and oxygen atoms in total. The highest BCUT2D eigenvalue weighted by Gasteiger charge is 2.54. The van der Waals surface area contributed by atoms with Crippen LogP contribution in [0.15, 0.2) is 46.9 Å². The Labute approximate surface area is 218 Å². The second-order valence-corrected chi connectivity index (χ2v) is 10.6. The highest BCUT2D eigenvalue weighted by atomic mass is 32.2. The number of likely N-dealkylation sites (tertiary alicyclic amines) is 1. The van der Waals surface area contributed by atoms with E-state index < -0.39 is 5.54 Å². The average Bonchev–Trinajstić information content (AvgIpc) is 3.07. The number of thioether (sulfide) groups is 1. The molecule has 0 aliphatic carbocycles. The molecule has 1 spiro atoms. The number of fused-ring (bicyclic) bond motifs is 3. The van der Waals surface area contributed by atoms with Crippen LogP contribution in [-0.4, -0.2) is 66.0 Å². The van der Waals surface area contributed by atoms with Crippen LogP contribution in [0.3, 0.4) is 0 Å². The fourth-order valence-electron chi connectivity index (χ4n) is 5.81. The van der Waals surface area contributed by atoms with E-state index in [0.717, 1.165) is 34.7 Å². The van der Waals surface area contributed by atoms with Crippen LogP contribution < -0.4 is 9.47 Å². The van der Waals surface area contributed by atoms with Gasteiger partial charge in [0, 0.05) is 31.4 Å². The Kier molecular flexibility index (Phi) is 7.73. The van der Waals surface area contributed by atoms with Gasteiger partial charge in [-0.2, -0.15) is 0 Å². The van der Waals surface area contributed by atoms with Crippen molar-refractivity contribution >= 4 is 23.7 Å². The summed E-state index contributed by atoms with van der Waals surface area (Å²) in [6.07, 6.45) is 6.42. The van der Waals surface area contributed by atoms with Crippen LogP contribution in [0.25, 0.3) is 0 Å². The van der Waals surface area contributed by atoms with Gasteiger partial charge >= 0.3 is 6.03 Å². The normalized spacial score (nSPS) is 22.6. The quantitative estimate of drug-likeness (QED) is 0.493. The van der Waals surface area contributed by atoms with Crippen LogP contribution in [0.1, 0.15) is 44.7 Å². The molecule has 2 fully saturated rings. The zero-order valence-electron chi connectivity index (χ0n) is 22.0. The number of carbonyl (C=O) groups excluding carboxylic acids is 2. The van der Waals surface area contributed by atoms with E-state index in [0.29, 0.717) is 43.9 Å². The molecule has 0 saturated carbocycles. The average molecular weight is 512 g/mol. The van der Waals surface area contributed by atoms with Crippen molar-refractivity contribution in [3.63, 3.8) is 0 Å². The van der Waals surface area contributed by atoms with Crippen molar-refractivity contribution in [1.29, 1.82) is 0 Å². The van der Waals surface area contributed by atoms with Crippen molar-refractivity contribution in [2.45, 2.75) is 52.1 Å². The first-order chi connectivity index (χ1) is 17.3. The lowest BCUT2D eigenvalue weighted by Crippen LogP contribution is -2.54. The summed E-state index contributed by atoms with van der Waals surface area (Å²) < 4.78 is 11.2. The summed E-state index contributed by atoms with van der Waals surface area (Å²) in [5.41, 5.74) is 2.84. The van der Waals surface area contributed by atoms with Crippen LogP contribution in [-0.2, 0) is 17.8 Å². The Morgan fingerprint density at radius 2 is 1.97 bits per heavy atom. The molecule has 1 atom stereocenters. The third-order valence-electron chi connectivity index (χ3n) is 7.55. The lowest BCUT2D eigenvalue weighted by atomic mass is 9.81. The van der Waals surface area contributed by atoms with Gasteiger partial charge in [0.2, 0.25) is 0 Å². The molecule has 3 aliphatic rings. The van der Waals surface area contributed by atoms with E-state index in [2.05, 4.69) is 19.6 Å². The molecule has 0 radical (unpaired) electrons. The Morgan fingerprint density at radius 1 is 1.25 bits per heavy atom. The molecule has 0 unspecified atom stereocenters. The maximum atomic E-state index is 13.8. The zero-order chi connectivity index (χ0) is 26.0. The number of hydrogen-bond donors (Lipinski definition) is 0. The Balaban J connectivity index is 1.66. The zero-order valence-corrected chi connectivity index (χ0v) is 22.8. The van der Waals surface area contributed by atoms with Crippen molar-refractivity contribution in [2.24, 2.45) is 5.92 Å². The molecule has 8 heteroatoms. The number of urea groups is 1. The number of likely N-dealkylation sites (N-methyl/N-ethyl adjacent to an activating group) is 1. The molecule has 36 heavy (non-hydrogen) atoms. The number of nitrogens with zero attached hydrogens (tertiary/aromatic N) is 3. The van der Waals surface area contributed by atoms with E-state index >= 15 is 0 Å². The largest absolute Gasteiger partial charge is 0.497 e. The van der Waals surface area contributed by atoms with Gasteiger partial charge in [0.1, 0.15) is 11.5 Å². The third-order valence-corrected chi connectivity index (χ3v) is 8.42. The van der Waals surface area contributed by atoms with Crippen LogP contribution >= 0.6 is 11.8 Å². The molecule has 1 aromatic rings. The van der Waals surface area contributed by atoms with Gasteiger partial charge in [-0.25, -0.2) is 4.79 Å². The van der Waals surface area contributed by atoms with Gasteiger partial charge in [-0.15, -0.1) is 0 Å². The summed E-state index contributed by atoms with van der Waals surface area (Å²) >= 11 is 1.36. The van der Waals surface area contributed by atoms with Crippen molar-refractivity contribution < 1.29 is 19.1 Å². The monoisotopic (exact) mass is 511 g/mol. The van der Waals surface area contributed by atoms with E-state index in [1.54, 1.807) is 14.2 Å². The summed E-state index contributed by atoms with van der Waals surface area (Å²) in [4.78, 5) is 33.1. The smallest absolute Gasteiger partial charge is 0.325 e. The van der Waals surface area contributed by atoms with Gasteiger partial charge in [-0.1, -0.05) is 37.4 Å². The number of allylic oxidation sites excluding steroid dienone is 2. The van der Waals surface area contributed by atoms with Crippen LogP contribution in [0, 0.1) is 5.92 Å². The molecule has 0 N–H and O–H groups in total. The summed E-state index contributed by atoms with van der Waals surface area (Å²) in [6.45, 7) is 12.4. The predicted octanol–water partition coefficient (Wildman–Crippen LogP) is 5.18. The van der Waals surface area contributed by atoms with E-state index in [9.17, 15) is 9.59 Å². The molecule has 3 amide bonds. The van der Waals surface area contributed by atoms with E-state index in [4.69, 9.17) is 9.47 Å². The molecule has 3 heterocycles. The van der Waals surface area contributed by atoms with Gasteiger partial charge in [0.15, 0.2) is 0 Å². The lowest BCUT2D eigenvalue weighted by Gasteiger charge is -2.44. The first-order valence-corrected chi connectivity index (χ1v) is 13.5. The second-order valence-electron chi connectivity index (χ2n) is 9.65. The van der Waals surface area contributed by atoms with Crippen molar-refractivity contribution in [2.75, 3.05) is 33.9 Å². The number of carbonyl (C=O) groups is 2. The number of hydrogen-bond acceptors (Lipinski definition) is 5. The molecule has 1 aromatic carbocycles. The first kappa shape index (κ1) is 26.2. The predicted molar refractivity (Wildman–Crippen MR) is 144 cm³/mol. The molecule has 194 valence electrons. The Morgan fingerprint density at radius 3 is 2.58 bits per heavy atom. The SMILES string of the molecule is C=C(S/C=C\C)C(=O)N1CCC2(CC1)/C1=C/[C@H](C)Cc3c(cc(OC)cc3OC)CN1C(=O)N2CC. The summed E-state index contributed by atoms with van der Waals surface area (Å²) in [5, 5.41) is 1.88. The topological polar surface area (TPSA) is 62.3 Å². The highest BCUT2D eigenvalue weighted by molar-refractivity contribution is 8.06. The molecular formula is C28H37N3O4S. The van der Waals surface area contributed by atoms with Crippen molar-refractivity contribution in [1.82, 2.24) is 14.7 Å². The number of benzene rings is 1. The summed E-state index contributed by atoms with van der Waals surface area (Å²) in [7, 11) is 3.32. The van der Waals surface area contributed by atoms with Crippen molar-refractivity contribution in [3.05, 3.63) is 58.0 Å². The fraction of sp³-hybridized carbons (Fsp3) is 0.500. The van der Waals surface area contributed by atoms with E-state index in [1.165, 1.54) is 11.8 Å². The van der Waals surface area contributed by atoms with Gasteiger partial charge in [0.25, 0.3) is 5.91 Å². The molecule has 0 aromatic heterocycles. The minimum absolute atomic E-state index is 0.0229. The summed E-state index contributed by atoms with van der Waals surface area (Å²) in [5.74, 6) is 1.71. The number of ether oxygens (including phenoxy) is 2. The molecule has 3 aliphatic heterocycles. The standard InChI is InChI=1S/C28H37N3O4S/c1-7-13-36-20(4)26(32)29-11-9-28(10-12-29)25-15-19(3)14-23-21(16-22(34-5)17-24(23)35-6)18-30(25)27(33)31(28)8-2/h7,13,15-17,19H,4,8-12,14,18H2,1-3,5-6H3/b13-7-,25-15-/t19-/m1/s1. The number of amides is 3. The fourth-order valence-corrected chi connectivity index (χ4v) is 6.34. The maximum Gasteiger partial charge on any atom is 0.325 e.